The van der Waals surface area contributed by atoms with Crippen LogP contribution in [0.25, 0.3) is 0 Å². The first-order chi connectivity index (χ1) is 6.02. The van der Waals surface area contributed by atoms with Gasteiger partial charge in [0.05, 0.1) is 5.56 Å². The highest BCUT2D eigenvalue weighted by Gasteiger charge is 2.07. The lowest BCUT2D eigenvalue weighted by Crippen LogP contribution is -2.13. The van der Waals surface area contributed by atoms with Crippen molar-refractivity contribution < 1.29 is 9.90 Å². The largest absolute Gasteiger partial charge is 0.478 e. The number of aromatic nitrogens is 1. The third kappa shape index (κ3) is 1.96. The summed E-state index contributed by atoms with van der Waals surface area (Å²) in [6.45, 7) is 1.84. The van der Waals surface area contributed by atoms with Crippen LogP contribution in [-0.2, 0) is 0 Å². The van der Waals surface area contributed by atoms with Gasteiger partial charge in [0.2, 0.25) is 0 Å². The van der Waals surface area contributed by atoms with Crippen LogP contribution in [0.15, 0.2) is 12.3 Å². The van der Waals surface area contributed by atoms with Crippen molar-refractivity contribution in [2.75, 3.05) is 19.0 Å². The summed E-state index contributed by atoms with van der Waals surface area (Å²) in [5.74, 6) is -0.147. The molecule has 1 rings (SSSR count). The first kappa shape index (κ1) is 9.51. The maximum Gasteiger partial charge on any atom is 0.337 e. The third-order valence-electron chi connectivity index (χ3n) is 1.72. The summed E-state index contributed by atoms with van der Waals surface area (Å²) in [4.78, 5) is 16.5. The smallest absolute Gasteiger partial charge is 0.337 e. The molecule has 4 heteroatoms. The summed E-state index contributed by atoms with van der Waals surface area (Å²) < 4.78 is 0. The lowest BCUT2D eigenvalue weighted by atomic mass is 10.2. The van der Waals surface area contributed by atoms with E-state index < -0.39 is 5.97 Å². The quantitative estimate of drug-likeness (QED) is 0.741. The van der Waals surface area contributed by atoms with Gasteiger partial charge in [-0.1, -0.05) is 0 Å². The molecule has 4 nitrogen and oxygen atoms in total. The Balaban J connectivity index is 3.13. The predicted molar refractivity (Wildman–Crippen MR) is 50.3 cm³/mol. The van der Waals surface area contributed by atoms with Crippen molar-refractivity contribution in [2.24, 2.45) is 0 Å². The zero-order chi connectivity index (χ0) is 10.0. The fourth-order valence-corrected chi connectivity index (χ4v) is 1.15. The average molecular weight is 180 g/mol. The Labute approximate surface area is 76.8 Å². The Hall–Kier alpha value is -1.58. The SMILES string of the molecule is Cc1cc(C(=O)O)cnc1N(C)C. The molecule has 0 unspecified atom stereocenters. The minimum Gasteiger partial charge on any atom is -0.478 e. The highest BCUT2D eigenvalue weighted by molar-refractivity contribution is 5.87. The Morgan fingerprint density at radius 3 is 2.54 bits per heavy atom. The van der Waals surface area contributed by atoms with Crippen LogP contribution < -0.4 is 4.90 Å². The third-order valence-corrected chi connectivity index (χ3v) is 1.72. The van der Waals surface area contributed by atoms with E-state index in [1.807, 2.05) is 25.9 Å². The van der Waals surface area contributed by atoms with E-state index in [1.54, 1.807) is 6.07 Å². The van der Waals surface area contributed by atoms with E-state index >= 15 is 0 Å². The van der Waals surface area contributed by atoms with E-state index in [9.17, 15) is 4.79 Å². The van der Waals surface area contributed by atoms with Crippen molar-refractivity contribution in [3.05, 3.63) is 23.4 Å². The maximum absolute atomic E-state index is 10.6. The van der Waals surface area contributed by atoms with E-state index in [2.05, 4.69) is 4.98 Å². The van der Waals surface area contributed by atoms with Crippen LogP contribution >= 0.6 is 0 Å². The zero-order valence-electron chi connectivity index (χ0n) is 7.90. The van der Waals surface area contributed by atoms with Gasteiger partial charge in [-0.2, -0.15) is 0 Å². The molecule has 0 bridgehead atoms. The molecule has 0 aliphatic rings. The number of hydrogen-bond acceptors (Lipinski definition) is 3. The molecule has 1 heterocycles. The summed E-state index contributed by atoms with van der Waals surface area (Å²) in [5.41, 5.74) is 1.09. The molecule has 0 aliphatic carbocycles. The van der Waals surface area contributed by atoms with E-state index in [4.69, 9.17) is 5.11 Å². The van der Waals surface area contributed by atoms with Crippen LogP contribution in [-0.4, -0.2) is 30.2 Å². The Kier molecular flexibility index (Phi) is 2.51. The van der Waals surface area contributed by atoms with Crippen molar-refractivity contribution in [1.82, 2.24) is 4.98 Å². The van der Waals surface area contributed by atoms with Gasteiger partial charge in [-0.15, -0.1) is 0 Å². The Bertz CT molecular complexity index is 334. The number of rotatable bonds is 2. The van der Waals surface area contributed by atoms with Crippen LogP contribution in [0, 0.1) is 6.92 Å². The molecule has 0 radical (unpaired) electrons. The molecule has 1 aromatic heterocycles. The monoisotopic (exact) mass is 180 g/mol. The van der Waals surface area contributed by atoms with Crippen LogP contribution in [0.5, 0.6) is 0 Å². The number of carboxylic acid groups (broad SMARTS) is 1. The first-order valence-corrected chi connectivity index (χ1v) is 3.89. The summed E-state index contributed by atoms with van der Waals surface area (Å²) in [6.07, 6.45) is 1.37. The van der Waals surface area contributed by atoms with Gasteiger partial charge in [0.15, 0.2) is 0 Å². The molecule has 0 saturated carbocycles. The number of anilines is 1. The summed E-state index contributed by atoms with van der Waals surface area (Å²) >= 11 is 0. The maximum atomic E-state index is 10.6. The summed E-state index contributed by atoms with van der Waals surface area (Å²) in [6, 6.07) is 1.62. The van der Waals surface area contributed by atoms with Gasteiger partial charge in [0.25, 0.3) is 0 Å². The number of carboxylic acids is 1. The van der Waals surface area contributed by atoms with E-state index in [0.717, 1.165) is 11.4 Å². The second kappa shape index (κ2) is 3.43. The molecule has 70 valence electrons. The molecule has 0 saturated heterocycles. The standard InChI is InChI=1S/C9H12N2O2/c1-6-4-7(9(12)13)5-10-8(6)11(2)3/h4-5H,1-3H3,(H,12,13). The van der Waals surface area contributed by atoms with Gasteiger partial charge in [0, 0.05) is 20.3 Å². The van der Waals surface area contributed by atoms with E-state index in [0.29, 0.717) is 0 Å². The number of aryl methyl sites for hydroxylation is 1. The van der Waals surface area contributed by atoms with Gasteiger partial charge in [0.1, 0.15) is 5.82 Å². The second-order valence-electron chi connectivity index (χ2n) is 3.06. The van der Waals surface area contributed by atoms with Crippen LogP contribution in [0.1, 0.15) is 15.9 Å². The molecule has 0 aliphatic heterocycles. The van der Waals surface area contributed by atoms with Crippen molar-refractivity contribution in [2.45, 2.75) is 6.92 Å². The molecule has 1 aromatic rings. The number of nitrogens with zero attached hydrogens (tertiary/aromatic N) is 2. The number of pyridine rings is 1. The minimum atomic E-state index is -0.944. The van der Waals surface area contributed by atoms with E-state index in [-0.39, 0.29) is 5.56 Å². The molecular weight excluding hydrogens is 168 g/mol. The molecular formula is C9H12N2O2. The number of aromatic carboxylic acids is 1. The Morgan fingerprint density at radius 2 is 2.15 bits per heavy atom. The van der Waals surface area contributed by atoms with Gasteiger partial charge >= 0.3 is 5.97 Å². The topological polar surface area (TPSA) is 53.4 Å². The van der Waals surface area contributed by atoms with Crippen LogP contribution in [0.2, 0.25) is 0 Å². The predicted octanol–water partition coefficient (Wildman–Crippen LogP) is 1.15. The minimum absolute atomic E-state index is 0.225. The highest BCUT2D eigenvalue weighted by atomic mass is 16.4. The van der Waals surface area contributed by atoms with Crippen LogP contribution in [0.4, 0.5) is 5.82 Å². The molecule has 1 N–H and O–H groups in total. The average Bonchev–Trinajstić information content (AvgIpc) is 2.03. The molecule has 0 atom stereocenters. The molecule has 13 heavy (non-hydrogen) atoms. The lowest BCUT2D eigenvalue weighted by molar-refractivity contribution is 0.0696. The first-order valence-electron chi connectivity index (χ1n) is 3.89. The Morgan fingerprint density at radius 1 is 1.54 bits per heavy atom. The highest BCUT2D eigenvalue weighted by Crippen LogP contribution is 2.14. The number of carbonyl (C=O) groups is 1. The van der Waals surface area contributed by atoms with Crippen LogP contribution in [0.3, 0.4) is 0 Å². The number of hydrogen-bond donors (Lipinski definition) is 1. The van der Waals surface area contributed by atoms with E-state index in [1.165, 1.54) is 6.20 Å². The van der Waals surface area contributed by atoms with Gasteiger partial charge in [-0.05, 0) is 18.6 Å². The van der Waals surface area contributed by atoms with Crippen molar-refractivity contribution in [3.63, 3.8) is 0 Å². The second-order valence-corrected chi connectivity index (χ2v) is 3.06. The summed E-state index contributed by atoms with van der Waals surface area (Å²) in [7, 11) is 3.74. The summed E-state index contributed by atoms with van der Waals surface area (Å²) in [5, 5.41) is 8.69. The van der Waals surface area contributed by atoms with Crippen molar-refractivity contribution in [3.8, 4) is 0 Å². The van der Waals surface area contributed by atoms with Gasteiger partial charge in [-0.3, -0.25) is 0 Å². The molecule has 0 amide bonds. The van der Waals surface area contributed by atoms with Gasteiger partial charge in [-0.25, -0.2) is 9.78 Å². The zero-order valence-corrected chi connectivity index (χ0v) is 7.90. The molecule has 0 fully saturated rings. The molecule has 0 spiro atoms. The fourth-order valence-electron chi connectivity index (χ4n) is 1.15. The normalized spacial score (nSPS) is 9.77. The lowest BCUT2D eigenvalue weighted by Gasteiger charge is -2.13. The van der Waals surface area contributed by atoms with Crippen molar-refractivity contribution >= 4 is 11.8 Å². The fraction of sp³-hybridized carbons (Fsp3) is 0.333. The van der Waals surface area contributed by atoms with Gasteiger partial charge < -0.3 is 10.0 Å². The molecule has 0 aromatic carbocycles. The van der Waals surface area contributed by atoms with Crippen molar-refractivity contribution in [1.29, 1.82) is 0 Å².